The van der Waals surface area contributed by atoms with E-state index < -0.39 is 17.9 Å². The minimum atomic E-state index is -0.799. The van der Waals surface area contributed by atoms with Gasteiger partial charge in [-0.05, 0) is 62.8 Å². The van der Waals surface area contributed by atoms with E-state index in [4.69, 9.17) is 15.2 Å². The van der Waals surface area contributed by atoms with Crippen molar-refractivity contribution in [1.82, 2.24) is 10.6 Å². The molecule has 10 nitrogen and oxygen atoms in total. The van der Waals surface area contributed by atoms with E-state index >= 15 is 0 Å². The van der Waals surface area contributed by atoms with Gasteiger partial charge in [0.2, 0.25) is 11.8 Å². The monoisotopic (exact) mass is 520 g/mol. The predicted molar refractivity (Wildman–Crippen MR) is 143 cm³/mol. The Kier molecular flexibility index (Phi) is 17.4. The first kappa shape index (κ1) is 32.0. The van der Waals surface area contributed by atoms with Gasteiger partial charge < -0.3 is 31.2 Å². The van der Waals surface area contributed by atoms with Crippen LogP contribution in [-0.4, -0.2) is 69.1 Å². The first-order chi connectivity index (χ1) is 17.9. The highest BCUT2D eigenvalue weighted by atomic mass is 16.5. The Morgan fingerprint density at radius 2 is 1.59 bits per heavy atom. The number of carbonyl (C=O) groups is 4. The molecule has 208 valence electrons. The van der Waals surface area contributed by atoms with Crippen molar-refractivity contribution in [3.05, 3.63) is 29.8 Å². The van der Waals surface area contributed by atoms with Crippen molar-refractivity contribution in [2.45, 2.75) is 71.3 Å². The Morgan fingerprint density at radius 3 is 2.27 bits per heavy atom. The number of primary amides is 1. The van der Waals surface area contributed by atoms with Crippen LogP contribution in [0.4, 0.5) is 5.69 Å². The Morgan fingerprint density at radius 1 is 0.865 bits per heavy atom. The molecule has 0 bridgehead atoms. The molecule has 37 heavy (non-hydrogen) atoms. The number of nitrogens with one attached hydrogen (secondary N) is 3. The van der Waals surface area contributed by atoms with Crippen LogP contribution >= 0.6 is 0 Å². The lowest BCUT2D eigenvalue weighted by atomic mass is 10.1. The van der Waals surface area contributed by atoms with Crippen LogP contribution < -0.4 is 21.7 Å². The summed E-state index contributed by atoms with van der Waals surface area (Å²) in [5.74, 6) is -0.962. The van der Waals surface area contributed by atoms with Crippen molar-refractivity contribution in [2.24, 2.45) is 5.73 Å². The zero-order valence-corrected chi connectivity index (χ0v) is 22.3. The third-order valence-corrected chi connectivity index (χ3v) is 5.49. The number of amides is 3. The lowest BCUT2D eigenvalue weighted by Crippen LogP contribution is -2.45. The van der Waals surface area contributed by atoms with Crippen LogP contribution in [0.15, 0.2) is 24.3 Å². The molecule has 0 unspecified atom stereocenters. The number of Topliss-reactive ketones (excluding diaryl/α,β-unsaturated/α-hetero) is 1. The highest BCUT2D eigenvalue weighted by molar-refractivity contribution is 5.94. The average Bonchev–Trinajstić information content (AvgIpc) is 2.88. The van der Waals surface area contributed by atoms with E-state index in [-0.39, 0.29) is 24.9 Å². The maximum Gasteiger partial charge on any atom is 0.251 e. The summed E-state index contributed by atoms with van der Waals surface area (Å²) in [6, 6.07) is 6.50. The number of hydrogen-bond donors (Lipinski definition) is 4. The highest BCUT2D eigenvalue weighted by Crippen LogP contribution is 2.09. The molecule has 10 heteroatoms. The van der Waals surface area contributed by atoms with Crippen molar-refractivity contribution < 1.29 is 28.7 Å². The fourth-order valence-corrected chi connectivity index (χ4v) is 3.47. The van der Waals surface area contributed by atoms with Gasteiger partial charge in [0.1, 0.15) is 18.4 Å². The molecule has 0 saturated heterocycles. The van der Waals surface area contributed by atoms with Gasteiger partial charge in [-0.2, -0.15) is 0 Å². The van der Waals surface area contributed by atoms with E-state index in [1.165, 1.54) is 0 Å². The molecule has 0 radical (unpaired) electrons. The number of carbonyl (C=O) groups excluding carboxylic acids is 4. The van der Waals surface area contributed by atoms with Gasteiger partial charge in [-0.15, -0.1) is 0 Å². The van der Waals surface area contributed by atoms with E-state index in [0.717, 1.165) is 25.1 Å². The number of ether oxygens (including phenoxy) is 2. The molecular formula is C27H44N4O6. The molecule has 0 aliphatic rings. The van der Waals surface area contributed by atoms with E-state index in [1.807, 2.05) is 19.1 Å². The summed E-state index contributed by atoms with van der Waals surface area (Å²) in [5.41, 5.74) is 6.97. The van der Waals surface area contributed by atoms with Crippen LogP contribution in [0.25, 0.3) is 0 Å². The Hall–Kier alpha value is -2.98. The molecule has 0 saturated carbocycles. The van der Waals surface area contributed by atoms with E-state index in [0.29, 0.717) is 63.8 Å². The van der Waals surface area contributed by atoms with Gasteiger partial charge >= 0.3 is 0 Å². The van der Waals surface area contributed by atoms with Crippen LogP contribution in [0.5, 0.6) is 0 Å². The molecule has 0 fully saturated rings. The first-order valence-corrected chi connectivity index (χ1v) is 13.2. The van der Waals surface area contributed by atoms with Gasteiger partial charge in [0.05, 0.1) is 13.2 Å². The standard InChI is InChI=1S/C27H44N4O6/c1-3-8-23(32)9-7-17-36-18-19-37-20-25(33)31-24(26(28)34)10-5-6-16-30-27(35)21-11-13-22(14-12-21)29-15-4-2/h11-14,24,29H,3-10,15-20H2,1-2H3,(H2,28,34)(H,30,35)(H,31,33)/t24-/m0/s1. The predicted octanol–water partition coefficient (Wildman–Crippen LogP) is 2.56. The highest BCUT2D eigenvalue weighted by Gasteiger charge is 2.17. The van der Waals surface area contributed by atoms with Gasteiger partial charge in [-0.1, -0.05) is 13.8 Å². The van der Waals surface area contributed by atoms with Crippen molar-refractivity contribution in [3.63, 3.8) is 0 Å². The summed E-state index contributed by atoms with van der Waals surface area (Å²) in [6.45, 7) is 6.21. The van der Waals surface area contributed by atoms with Gasteiger partial charge in [0.25, 0.3) is 5.91 Å². The molecular weight excluding hydrogens is 476 g/mol. The smallest absolute Gasteiger partial charge is 0.251 e. The number of ketones is 1. The number of nitrogens with two attached hydrogens (primary N) is 1. The third kappa shape index (κ3) is 15.7. The molecule has 0 aromatic heterocycles. The number of unbranched alkanes of at least 4 members (excludes halogenated alkanes) is 1. The lowest BCUT2D eigenvalue weighted by molar-refractivity contribution is -0.130. The summed E-state index contributed by atoms with van der Waals surface area (Å²) >= 11 is 0. The molecule has 1 rings (SSSR count). The largest absolute Gasteiger partial charge is 0.385 e. The maximum atomic E-state index is 12.3. The second-order valence-corrected chi connectivity index (χ2v) is 8.84. The number of anilines is 1. The number of benzene rings is 1. The molecule has 3 amide bonds. The lowest BCUT2D eigenvalue weighted by Gasteiger charge is -2.15. The molecule has 5 N–H and O–H groups in total. The van der Waals surface area contributed by atoms with Crippen LogP contribution in [-0.2, 0) is 23.9 Å². The zero-order valence-electron chi connectivity index (χ0n) is 22.3. The fourth-order valence-electron chi connectivity index (χ4n) is 3.47. The molecule has 1 aromatic carbocycles. The minimum Gasteiger partial charge on any atom is -0.385 e. The van der Waals surface area contributed by atoms with Crippen molar-refractivity contribution in [1.29, 1.82) is 0 Å². The topological polar surface area (TPSA) is 149 Å². The van der Waals surface area contributed by atoms with Gasteiger partial charge in [0, 0.05) is 43.8 Å². The molecule has 0 aliphatic carbocycles. The Bertz CT molecular complexity index is 816. The second-order valence-electron chi connectivity index (χ2n) is 8.84. The number of hydrogen-bond acceptors (Lipinski definition) is 7. The second kappa shape index (κ2) is 20.1. The first-order valence-electron chi connectivity index (χ1n) is 13.2. The summed E-state index contributed by atoms with van der Waals surface area (Å²) in [5, 5.41) is 8.71. The van der Waals surface area contributed by atoms with Crippen molar-refractivity contribution >= 4 is 29.2 Å². The van der Waals surface area contributed by atoms with E-state index in [1.54, 1.807) is 12.1 Å². The van der Waals surface area contributed by atoms with Crippen molar-refractivity contribution in [2.75, 3.05) is 44.8 Å². The van der Waals surface area contributed by atoms with E-state index in [9.17, 15) is 19.2 Å². The van der Waals surface area contributed by atoms with Crippen LogP contribution in [0, 0.1) is 0 Å². The Labute approximate surface area is 220 Å². The molecule has 1 aromatic rings. The van der Waals surface area contributed by atoms with Gasteiger partial charge in [-0.3, -0.25) is 19.2 Å². The summed E-state index contributed by atoms with van der Waals surface area (Å²) in [4.78, 5) is 47.5. The summed E-state index contributed by atoms with van der Waals surface area (Å²) < 4.78 is 10.7. The summed E-state index contributed by atoms with van der Waals surface area (Å²) in [6.07, 6.45) is 5.29. The zero-order chi connectivity index (χ0) is 27.3. The Balaban J connectivity index is 2.15. The van der Waals surface area contributed by atoms with E-state index in [2.05, 4.69) is 22.9 Å². The molecule has 0 aliphatic heterocycles. The average molecular weight is 521 g/mol. The summed E-state index contributed by atoms with van der Waals surface area (Å²) in [7, 11) is 0. The third-order valence-electron chi connectivity index (χ3n) is 5.49. The van der Waals surface area contributed by atoms with Gasteiger partial charge in [-0.25, -0.2) is 0 Å². The maximum absolute atomic E-state index is 12.3. The van der Waals surface area contributed by atoms with Crippen LogP contribution in [0.1, 0.15) is 75.6 Å². The SMILES string of the molecule is CCCNc1ccc(C(=O)NCCCC[C@H](NC(=O)COCCOCCCC(=O)CCC)C(N)=O)cc1. The quantitative estimate of drug-likeness (QED) is 0.172. The van der Waals surface area contributed by atoms with Crippen molar-refractivity contribution in [3.8, 4) is 0 Å². The molecule has 0 heterocycles. The normalized spacial score (nSPS) is 11.5. The molecule has 0 spiro atoms. The fraction of sp³-hybridized carbons (Fsp3) is 0.630. The van der Waals surface area contributed by atoms with Crippen LogP contribution in [0.2, 0.25) is 0 Å². The number of rotatable bonds is 22. The molecule has 1 atom stereocenters. The van der Waals surface area contributed by atoms with Crippen LogP contribution in [0.3, 0.4) is 0 Å². The minimum absolute atomic E-state index is 0.159. The van der Waals surface area contributed by atoms with Gasteiger partial charge in [0.15, 0.2) is 0 Å².